The topological polar surface area (TPSA) is 54.6 Å². The second kappa shape index (κ2) is 4.37. The summed E-state index contributed by atoms with van der Waals surface area (Å²) in [6.07, 6.45) is 0. The zero-order chi connectivity index (χ0) is 12.4. The molecule has 2 rings (SSSR count). The molecule has 0 radical (unpaired) electrons. The summed E-state index contributed by atoms with van der Waals surface area (Å²) in [5.74, 6) is 0.874. The number of para-hydroxylation sites is 1. The van der Waals surface area contributed by atoms with E-state index in [1.807, 2.05) is 6.07 Å². The van der Waals surface area contributed by atoms with Gasteiger partial charge in [0.05, 0.1) is 26.7 Å². The van der Waals surface area contributed by atoms with Gasteiger partial charge in [-0.05, 0) is 6.07 Å². The number of hydrogen-bond acceptors (Lipinski definition) is 4. The van der Waals surface area contributed by atoms with Crippen molar-refractivity contribution in [2.45, 2.75) is 0 Å². The number of ether oxygens (including phenoxy) is 3. The first kappa shape index (κ1) is 11.3. The fourth-order valence-electron chi connectivity index (χ4n) is 1.82. The summed E-state index contributed by atoms with van der Waals surface area (Å²) in [6.45, 7) is 0. The fraction of sp³-hybridized carbons (Fsp3) is 0.250. The van der Waals surface area contributed by atoms with Crippen LogP contribution in [0.2, 0.25) is 0 Å². The van der Waals surface area contributed by atoms with Crippen molar-refractivity contribution in [1.82, 2.24) is 0 Å². The van der Waals surface area contributed by atoms with Crippen molar-refractivity contribution in [3.63, 3.8) is 0 Å². The molecule has 17 heavy (non-hydrogen) atoms. The van der Waals surface area contributed by atoms with E-state index in [4.69, 9.17) is 14.2 Å². The van der Waals surface area contributed by atoms with E-state index in [0.717, 1.165) is 0 Å². The lowest BCUT2D eigenvalue weighted by Crippen LogP contribution is -2.30. The van der Waals surface area contributed by atoms with Crippen LogP contribution in [0.1, 0.15) is 0 Å². The number of nitrogens with zero attached hydrogens (tertiary/aromatic N) is 1. The predicted molar refractivity (Wildman–Crippen MR) is 62.6 cm³/mol. The highest BCUT2D eigenvalue weighted by Crippen LogP contribution is 2.39. The molecule has 0 spiro atoms. The lowest BCUT2D eigenvalue weighted by molar-refractivity contribution is -0.585. The van der Waals surface area contributed by atoms with Gasteiger partial charge in [-0.2, -0.15) is 0 Å². The van der Waals surface area contributed by atoms with Crippen molar-refractivity contribution in [2.24, 2.45) is 0 Å². The average molecular weight is 235 g/mol. The van der Waals surface area contributed by atoms with Crippen LogP contribution in [-0.2, 0) is 0 Å². The lowest BCUT2D eigenvalue weighted by atomic mass is 10.2. The Morgan fingerprint density at radius 1 is 0.941 bits per heavy atom. The van der Waals surface area contributed by atoms with E-state index >= 15 is 0 Å². The summed E-state index contributed by atoms with van der Waals surface area (Å²) in [5, 5.41) is 12.7. The molecule has 0 amide bonds. The van der Waals surface area contributed by atoms with Crippen LogP contribution in [-0.4, -0.2) is 21.3 Å². The van der Waals surface area contributed by atoms with E-state index in [9.17, 15) is 5.21 Å². The van der Waals surface area contributed by atoms with Gasteiger partial charge in [-0.3, -0.25) is 0 Å². The molecule has 0 unspecified atom stereocenters. The van der Waals surface area contributed by atoms with Crippen molar-refractivity contribution in [3.8, 4) is 17.4 Å². The second-order valence-corrected chi connectivity index (χ2v) is 3.39. The maximum Gasteiger partial charge on any atom is 0.427 e. The average Bonchev–Trinajstić information content (AvgIpc) is 2.38. The van der Waals surface area contributed by atoms with Crippen molar-refractivity contribution >= 4 is 10.9 Å². The van der Waals surface area contributed by atoms with Crippen molar-refractivity contribution in [1.29, 1.82) is 0 Å². The first-order valence-corrected chi connectivity index (χ1v) is 5.04. The van der Waals surface area contributed by atoms with Gasteiger partial charge in [0.1, 0.15) is 0 Å². The van der Waals surface area contributed by atoms with Crippen molar-refractivity contribution in [3.05, 3.63) is 29.5 Å². The number of methoxy groups -OCH3 is 3. The van der Waals surface area contributed by atoms with Gasteiger partial charge in [-0.25, -0.2) is 0 Å². The van der Waals surface area contributed by atoms with Crippen LogP contribution in [0.5, 0.6) is 17.4 Å². The molecule has 0 aliphatic heterocycles. The molecule has 5 nitrogen and oxygen atoms in total. The number of aromatic nitrogens is 1. The molecule has 90 valence electrons. The Kier molecular flexibility index (Phi) is 2.91. The van der Waals surface area contributed by atoms with E-state index in [1.54, 1.807) is 18.2 Å². The van der Waals surface area contributed by atoms with Crippen LogP contribution in [0.25, 0.3) is 10.9 Å². The van der Waals surface area contributed by atoms with Crippen molar-refractivity contribution < 1.29 is 18.9 Å². The Hall–Kier alpha value is -2.17. The SMILES string of the molecule is COc1c(OC)c2ccccc2[n+]([O-])c1OC. The number of hydrogen-bond donors (Lipinski definition) is 0. The number of rotatable bonds is 3. The van der Waals surface area contributed by atoms with Gasteiger partial charge in [-0.1, -0.05) is 12.1 Å². The summed E-state index contributed by atoms with van der Waals surface area (Å²) in [7, 11) is 4.41. The van der Waals surface area contributed by atoms with Gasteiger partial charge >= 0.3 is 5.88 Å². The number of benzene rings is 1. The summed E-state index contributed by atoms with van der Waals surface area (Å²) >= 11 is 0. The molecule has 1 aromatic heterocycles. The van der Waals surface area contributed by atoms with E-state index in [0.29, 0.717) is 27.1 Å². The Morgan fingerprint density at radius 3 is 2.18 bits per heavy atom. The second-order valence-electron chi connectivity index (χ2n) is 3.39. The molecule has 1 aromatic carbocycles. The first-order valence-electron chi connectivity index (χ1n) is 5.04. The Bertz CT molecular complexity index is 554. The van der Waals surface area contributed by atoms with Crippen LogP contribution in [0.3, 0.4) is 0 Å². The number of pyridine rings is 1. The molecule has 1 heterocycles. The standard InChI is InChI=1S/C12H13NO4/c1-15-10-8-6-4-5-7-9(8)13(14)12(17-3)11(10)16-2/h4-7H,1-3H3. The van der Waals surface area contributed by atoms with Gasteiger partial charge in [-0.15, -0.1) is 4.73 Å². The van der Waals surface area contributed by atoms with Crippen LogP contribution >= 0.6 is 0 Å². The van der Waals surface area contributed by atoms with Gasteiger partial charge in [0.25, 0.3) is 5.75 Å². The molecule has 0 bridgehead atoms. The largest absolute Gasteiger partial charge is 0.615 e. The molecule has 0 aliphatic carbocycles. The summed E-state index contributed by atoms with van der Waals surface area (Å²) < 4.78 is 16.2. The molecule has 0 aliphatic rings. The molecular weight excluding hydrogens is 222 g/mol. The normalized spacial score (nSPS) is 10.3. The molecule has 0 atom stereocenters. The molecule has 0 fully saturated rings. The van der Waals surface area contributed by atoms with Gasteiger partial charge in [0, 0.05) is 6.07 Å². The van der Waals surface area contributed by atoms with Gasteiger partial charge in [0.2, 0.25) is 5.52 Å². The third-order valence-electron chi connectivity index (χ3n) is 2.55. The molecule has 0 N–H and O–H groups in total. The minimum Gasteiger partial charge on any atom is -0.615 e. The number of fused-ring (bicyclic) bond motifs is 1. The summed E-state index contributed by atoms with van der Waals surface area (Å²) in [4.78, 5) is 0. The Balaban J connectivity index is 2.93. The monoisotopic (exact) mass is 235 g/mol. The van der Waals surface area contributed by atoms with Gasteiger partial charge in [0.15, 0.2) is 5.75 Å². The summed E-state index contributed by atoms with van der Waals surface area (Å²) in [6, 6.07) is 7.11. The third-order valence-corrected chi connectivity index (χ3v) is 2.55. The van der Waals surface area contributed by atoms with Crippen LogP contribution in [0, 0.1) is 5.21 Å². The van der Waals surface area contributed by atoms with E-state index in [1.165, 1.54) is 21.3 Å². The highest BCUT2D eigenvalue weighted by atomic mass is 16.6. The lowest BCUT2D eigenvalue weighted by Gasteiger charge is -2.13. The summed E-state index contributed by atoms with van der Waals surface area (Å²) in [5.41, 5.74) is 0.474. The zero-order valence-electron chi connectivity index (χ0n) is 9.89. The quantitative estimate of drug-likeness (QED) is 0.597. The molecule has 0 saturated heterocycles. The fourth-order valence-corrected chi connectivity index (χ4v) is 1.82. The third kappa shape index (κ3) is 1.60. The molecular formula is C12H13NO4. The highest BCUT2D eigenvalue weighted by molar-refractivity contribution is 5.86. The Morgan fingerprint density at radius 2 is 1.59 bits per heavy atom. The van der Waals surface area contributed by atoms with E-state index < -0.39 is 0 Å². The highest BCUT2D eigenvalue weighted by Gasteiger charge is 2.25. The smallest absolute Gasteiger partial charge is 0.427 e. The molecule has 5 heteroatoms. The van der Waals surface area contributed by atoms with Crippen molar-refractivity contribution in [2.75, 3.05) is 21.3 Å². The molecule has 2 aromatic rings. The minimum absolute atomic E-state index is 0.0862. The predicted octanol–water partition coefficient (Wildman–Crippen LogP) is 1.50. The zero-order valence-corrected chi connectivity index (χ0v) is 9.89. The Labute approximate surface area is 98.7 Å². The van der Waals surface area contributed by atoms with Crippen LogP contribution in [0.4, 0.5) is 0 Å². The maximum atomic E-state index is 12.1. The van der Waals surface area contributed by atoms with E-state index in [-0.39, 0.29) is 5.88 Å². The van der Waals surface area contributed by atoms with E-state index in [2.05, 4.69) is 0 Å². The maximum absolute atomic E-state index is 12.1. The van der Waals surface area contributed by atoms with Crippen LogP contribution < -0.4 is 18.9 Å². The first-order chi connectivity index (χ1) is 8.24. The van der Waals surface area contributed by atoms with Gasteiger partial charge < -0.3 is 19.4 Å². The van der Waals surface area contributed by atoms with Crippen LogP contribution in [0.15, 0.2) is 24.3 Å². The minimum atomic E-state index is 0.0862. The molecule has 0 saturated carbocycles.